The average Bonchev–Trinajstić information content (AvgIpc) is 2.77. The third-order valence-corrected chi connectivity index (χ3v) is 4.68. The molecule has 0 saturated carbocycles. The molecule has 2 rings (SSSR count). The standard InChI is InChI=1S/C18H25NS/c1-5-6-7-16-8-10-17(11-9-16)19-14(3)18-12-13(2)20-15(18)4/h8-12,14,19H,5-7H2,1-4H3. The van der Waals surface area contributed by atoms with Crippen LogP contribution >= 0.6 is 11.3 Å². The highest BCUT2D eigenvalue weighted by Gasteiger charge is 2.10. The molecule has 1 aromatic carbocycles. The lowest BCUT2D eigenvalue weighted by molar-refractivity contribution is 0.795. The lowest BCUT2D eigenvalue weighted by Gasteiger charge is -2.15. The van der Waals surface area contributed by atoms with Crippen molar-refractivity contribution < 1.29 is 0 Å². The molecule has 0 saturated heterocycles. The van der Waals surface area contributed by atoms with Gasteiger partial charge >= 0.3 is 0 Å². The summed E-state index contributed by atoms with van der Waals surface area (Å²) < 4.78 is 0. The van der Waals surface area contributed by atoms with E-state index in [1.165, 1.54) is 45.8 Å². The molecule has 2 aromatic rings. The van der Waals surface area contributed by atoms with Gasteiger partial charge < -0.3 is 5.32 Å². The number of benzene rings is 1. The van der Waals surface area contributed by atoms with Gasteiger partial charge in [0.2, 0.25) is 0 Å². The quantitative estimate of drug-likeness (QED) is 0.699. The molecule has 0 aliphatic heterocycles. The van der Waals surface area contributed by atoms with Crippen molar-refractivity contribution in [3.8, 4) is 0 Å². The summed E-state index contributed by atoms with van der Waals surface area (Å²) in [7, 11) is 0. The molecule has 1 nitrogen and oxygen atoms in total. The van der Waals surface area contributed by atoms with Gasteiger partial charge in [-0.3, -0.25) is 0 Å². The number of anilines is 1. The summed E-state index contributed by atoms with van der Waals surface area (Å²) >= 11 is 1.88. The van der Waals surface area contributed by atoms with Crippen molar-refractivity contribution >= 4 is 17.0 Å². The van der Waals surface area contributed by atoms with E-state index in [4.69, 9.17) is 0 Å². The number of unbranched alkanes of at least 4 members (excludes halogenated alkanes) is 1. The topological polar surface area (TPSA) is 12.0 Å². The first-order chi connectivity index (χ1) is 9.60. The molecule has 0 aliphatic carbocycles. The zero-order valence-corrected chi connectivity index (χ0v) is 13.8. The predicted molar refractivity (Wildman–Crippen MR) is 90.9 cm³/mol. The van der Waals surface area contributed by atoms with E-state index in [9.17, 15) is 0 Å². The Morgan fingerprint density at radius 1 is 1.15 bits per heavy atom. The minimum absolute atomic E-state index is 0.362. The smallest absolute Gasteiger partial charge is 0.0496 e. The van der Waals surface area contributed by atoms with Crippen LogP contribution in [0, 0.1) is 13.8 Å². The van der Waals surface area contributed by atoms with Gasteiger partial charge in [0.05, 0.1) is 0 Å². The van der Waals surface area contributed by atoms with Crippen molar-refractivity contribution in [2.75, 3.05) is 5.32 Å². The van der Waals surface area contributed by atoms with Crippen LogP contribution in [0.3, 0.4) is 0 Å². The highest BCUT2D eigenvalue weighted by molar-refractivity contribution is 7.12. The Kier molecular flexibility index (Phi) is 5.24. The fraction of sp³-hybridized carbons (Fsp3) is 0.444. The van der Waals surface area contributed by atoms with E-state index in [1.54, 1.807) is 0 Å². The molecule has 0 amide bonds. The fourth-order valence-electron chi connectivity index (χ4n) is 2.56. The zero-order chi connectivity index (χ0) is 14.5. The molecule has 0 spiro atoms. The van der Waals surface area contributed by atoms with Gasteiger partial charge in [0.25, 0.3) is 0 Å². The highest BCUT2D eigenvalue weighted by atomic mass is 32.1. The van der Waals surface area contributed by atoms with Gasteiger partial charge in [-0.2, -0.15) is 0 Å². The van der Waals surface area contributed by atoms with E-state index >= 15 is 0 Å². The van der Waals surface area contributed by atoms with Crippen LogP contribution in [0.2, 0.25) is 0 Å². The van der Waals surface area contributed by atoms with Gasteiger partial charge in [0.1, 0.15) is 0 Å². The van der Waals surface area contributed by atoms with Crippen molar-refractivity contribution in [3.63, 3.8) is 0 Å². The molecular weight excluding hydrogens is 262 g/mol. The molecule has 2 heteroatoms. The fourth-order valence-corrected chi connectivity index (χ4v) is 3.58. The third kappa shape index (κ3) is 3.86. The number of hydrogen-bond donors (Lipinski definition) is 1. The van der Waals surface area contributed by atoms with Gasteiger partial charge in [-0.25, -0.2) is 0 Å². The lowest BCUT2D eigenvalue weighted by atomic mass is 10.1. The second-order valence-corrected chi connectivity index (χ2v) is 7.00. The van der Waals surface area contributed by atoms with Gasteiger partial charge in [0, 0.05) is 21.5 Å². The first-order valence-corrected chi connectivity index (χ1v) is 8.34. The molecule has 1 atom stereocenters. The molecule has 0 bridgehead atoms. The molecule has 0 fully saturated rings. The summed E-state index contributed by atoms with van der Waals surface area (Å²) in [6.45, 7) is 8.86. The van der Waals surface area contributed by atoms with Crippen molar-refractivity contribution in [1.82, 2.24) is 0 Å². The second-order valence-electron chi connectivity index (χ2n) is 5.54. The minimum atomic E-state index is 0.362. The molecule has 1 N–H and O–H groups in total. The van der Waals surface area contributed by atoms with Crippen LogP contribution in [-0.4, -0.2) is 0 Å². The molecule has 0 aliphatic rings. The monoisotopic (exact) mass is 287 g/mol. The molecule has 1 unspecified atom stereocenters. The van der Waals surface area contributed by atoms with E-state index in [0.29, 0.717) is 6.04 Å². The Morgan fingerprint density at radius 2 is 1.85 bits per heavy atom. The SMILES string of the molecule is CCCCc1ccc(NC(C)c2cc(C)sc2C)cc1. The van der Waals surface area contributed by atoms with E-state index in [2.05, 4.69) is 63.3 Å². The molecule has 0 radical (unpaired) electrons. The summed E-state index contributed by atoms with van der Waals surface area (Å²) in [5.41, 5.74) is 4.07. The number of hydrogen-bond acceptors (Lipinski definition) is 2. The number of thiophene rings is 1. The number of aryl methyl sites for hydroxylation is 3. The van der Waals surface area contributed by atoms with E-state index in [-0.39, 0.29) is 0 Å². The summed E-state index contributed by atoms with van der Waals surface area (Å²) in [6.07, 6.45) is 3.72. The van der Waals surface area contributed by atoms with Crippen LogP contribution in [0.4, 0.5) is 5.69 Å². The first-order valence-electron chi connectivity index (χ1n) is 7.52. The summed E-state index contributed by atoms with van der Waals surface area (Å²) in [4.78, 5) is 2.81. The molecule has 108 valence electrons. The van der Waals surface area contributed by atoms with Gasteiger partial charge in [-0.1, -0.05) is 25.5 Å². The minimum Gasteiger partial charge on any atom is -0.378 e. The molecule has 20 heavy (non-hydrogen) atoms. The van der Waals surface area contributed by atoms with Crippen LogP contribution in [-0.2, 0) is 6.42 Å². The van der Waals surface area contributed by atoms with Crippen molar-refractivity contribution in [2.24, 2.45) is 0 Å². The Labute approximate surface area is 127 Å². The maximum atomic E-state index is 3.60. The Morgan fingerprint density at radius 3 is 2.40 bits per heavy atom. The van der Waals surface area contributed by atoms with E-state index in [0.717, 1.165) is 0 Å². The Bertz CT molecular complexity index is 539. The van der Waals surface area contributed by atoms with E-state index in [1.807, 2.05) is 11.3 Å². The normalized spacial score (nSPS) is 12.4. The number of nitrogens with one attached hydrogen (secondary N) is 1. The van der Waals surface area contributed by atoms with Crippen LogP contribution in [0.1, 0.15) is 53.6 Å². The third-order valence-electron chi connectivity index (χ3n) is 3.70. The molecule has 1 aromatic heterocycles. The Balaban J connectivity index is 2.00. The molecule has 1 heterocycles. The zero-order valence-electron chi connectivity index (χ0n) is 13.0. The predicted octanol–water partition coefficient (Wildman–Crippen LogP) is 5.88. The summed E-state index contributed by atoms with van der Waals surface area (Å²) in [6, 6.07) is 11.6. The van der Waals surface area contributed by atoms with Gasteiger partial charge in [0.15, 0.2) is 0 Å². The van der Waals surface area contributed by atoms with Crippen LogP contribution in [0.25, 0.3) is 0 Å². The lowest BCUT2D eigenvalue weighted by Crippen LogP contribution is -2.06. The van der Waals surface area contributed by atoms with Crippen molar-refractivity contribution in [3.05, 3.63) is 51.2 Å². The maximum absolute atomic E-state index is 3.60. The maximum Gasteiger partial charge on any atom is 0.0496 e. The second kappa shape index (κ2) is 6.94. The van der Waals surface area contributed by atoms with Crippen LogP contribution in [0.15, 0.2) is 30.3 Å². The highest BCUT2D eigenvalue weighted by Crippen LogP contribution is 2.28. The largest absolute Gasteiger partial charge is 0.378 e. The van der Waals surface area contributed by atoms with Crippen LogP contribution < -0.4 is 5.32 Å². The van der Waals surface area contributed by atoms with Crippen LogP contribution in [0.5, 0.6) is 0 Å². The summed E-state index contributed by atoms with van der Waals surface area (Å²) in [5.74, 6) is 0. The average molecular weight is 287 g/mol. The van der Waals surface area contributed by atoms with Crippen molar-refractivity contribution in [1.29, 1.82) is 0 Å². The van der Waals surface area contributed by atoms with Gasteiger partial charge in [-0.15, -0.1) is 11.3 Å². The Hall–Kier alpha value is -1.28. The first kappa shape index (κ1) is 15.1. The summed E-state index contributed by atoms with van der Waals surface area (Å²) in [5, 5.41) is 3.60. The van der Waals surface area contributed by atoms with Gasteiger partial charge in [-0.05, 0) is 62.9 Å². The van der Waals surface area contributed by atoms with E-state index < -0.39 is 0 Å². The number of rotatable bonds is 6. The molecular formula is C18H25NS. The van der Waals surface area contributed by atoms with Crippen molar-refractivity contribution in [2.45, 2.75) is 53.0 Å².